The molecule has 0 bridgehead atoms. The fourth-order valence-electron chi connectivity index (χ4n) is 3.74. The van der Waals surface area contributed by atoms with Crippen molar-refractivity contribution in [2.45, 2.75) is 26.9 Å². The van der Waals surface area contributed by atoms with Crippen LogP contribution in [0.3, 0.4) is 0 Å². The van der Waals surface area contributed by atoms with E-state index < -0.39 is 17.8 Å². The summed E-state index contributed by atoms with van der Waals surface area (Å²) >= 11 is 2.13. The van der Waals surface area contributed by atoms with Gasteiger partial charge in [0.15, 0.2) is 11.5 Å². The van der Waals surface area contributed by atoms with Gasteiger partial charge in [0.2, 0.25) is 0 Å². The normalized spacial score (nSPS) is 14.7. The molecule has 8 heteroatoms. The van der Waals surface area contributed by atoms with Gasteiger partial charge in [0.1, 0.15) is 12.2 Å². The van der Waals surface area contributed by atoms with Gasteiger partial charge in [-0.15, -0.1) is 0 Å². The molecule has 0 aromatic heterocycles. The Hall–Kier alpha value is -3.66. The lowest BCUT2D eigenvalue weighted by Gasteiger charge is -2.26. The molecule has 0 saturated carbocycles. The zero-order chi connectivity index (χ0) is 25.8. The van der Waals surface area contributed by atoms with Crippen LogP contribution in [0.4, 0.5) is 10.5 Å². The van der Waals surface area contributed by atoms with Crippen molar-refractivity contribution >= 4 is 52.2 Å². The topological polar surface area (TPSA) is 84.9 Å². The Balaban J connectivity index is 1.62. The number of halogens is 1. The van der Waals surface area contributed by atoms with Crippen LogP contribution in [0.25, 0.3) is 6.08 Å². The highest BCUT2D eigenvalue weighted by molar-refractivity contribution is 14.1. The van der Waals surface area contributed by atoms with Crippen LogP contribution >= 0.6 is 22.6 Å². The van der Waals surface area contributed by atoms with Gasteiger partial charge in [-0.25, -0.2) is 9.69 Å². The highest BCUT2D eigenvalue weighted by Gasteiger charge is 2.36. The lowest BCUT2D eigenvalue weighted by Crippen LogP contribution is -2.54. The average molecular weight is 596 g/mol. The number of ether oxygens (including phenoxy) is 2. The van der Waals surface area contributed by atoms with E-state index in [1.807, 2.05) is 50.2 Å². The number of anilines is 1. The van der Waals surface area contributed by atoms with Crippen molar-refractivity contribution in [3.05, 3.63) is 92.1 Å². The van der Waals surface area contributed by atoms with Crippen LogP contribution in [0.5, 0.6) is 11.5 Å². The summed E-state index contributed by atoms with van der Waals surface area (Å²) in [4.78, 5) is 39.2. The van der Waals surface area contributed by atoms with E-state index in [1.165, 1.54) is 18.7 Å². The maximum Gasteiger partial charge on any atom is 0.335 e. The lowest BCUT2D eigenvalue weighted by molar-refractivity contribution is -0.122. The molecule has 0 aliphatic carbocycles. The van der Waals surface area contributed by atoms with Crippen molar-refractivity contribution in [1.82, 2.24) is 5.32 Å². The van der Waals surface area contributed by atoms with E-state index in [4.69, 9.17) is 9.47 Å². The summed E-state index contributed by atoms with van der Waals surface area (Å²) in [5.41, 5.74) is 4.06. The molecule has 0 spiro atoms. The smallest absolute Gasteiger partial charge is 0.335 e. The molecule has 1 saturated heterocycles. The summed E-state index contributed by atoms with van der Waals surface area (Å²) in [7, 11) is 1.53. The molecule has 0 unspecified atom stereocenters. The first-order chi connectivity index (χ1) is 17.3. The van der Waals surface area contributed by atoms with E-state index >= 15 is 0 Å². The number of hydrogen-bond acceptors (Lipinski definition) is 5. The molecule has 1 heterocycles. The third kappa shape index (κ3) is 5.43. The molecule has 4 rings (SSSR count). The highest BCUT2D eigenvalue weighted by Crippen LogP contribution is 2.35. The number of hydrogen-bond donors (Lipinski definition) is 1. The van der Waals surface area contributed by atoms with Crippen LogP contribution in [0.1, 0.15) is 29.2 Å². The van der Waals surface area contributed by atoms with Crippen LogP contribution in [0.2, 0.25) is 0 Å². The van der Waals surface area contributed by atoms with E-state index in [-0.39, 0.29) is 5.57 Å². The zero-order valence-electron chi connectivity index (χ0n) is 20.1. The average Bonchev–Trinajstić information content (AvgIpc) is 2.87. The SMILES string of the molecule is CCc1ccc(N2C(=O)NC(=O)/C(=C/c3cc(I)c(OCc4ccc(C)cc4)c(OC)c3)C2=O)cc1. The number of nitrogens with zero attached hydrogens (tertiary/aromatic N) is 1. The number of nitrogens with one attached hydrogen (secondary N) is 1. The van der Waals surface area contributed by atoms with Crippen molar-refractivity contribution in [2.24, 2.45) is 0 Å². The molecule has 36 heavy (non-hydrogen) atoms. The Morgan fingerprint density at radius 3 is 2.28 bits per heavy atom. The predicted octanol–water partition coefficient (Wildman–Crippen LogP) is 5.42. The van der Waals surface area contributed by atoms with Crippen molar-refractivity contribution in [1.29, 1.82) is 0 Å². The van der Waals surface area contributed by atoms with Crippen LogP contribution in [0.15, 0.2) is 66.2 Å². The number of urea groups is 1. The van der Waals surface area contributed by atoms with E-state index in [0.29, 0.717) is 29.4 Å². The summed E-state index contributed by atoms with van der Waals surface area (Å²) in [6, 6.07) is 17.8. The maximum absolute atomic E-state index is 13.2. The van der Waals surface area contributed by atoms with Gasteiger partial charge in [-0.3, -0.25) is 14.9 Å². The number of rotatable bonds is 7. The number of aryl methyl sites for hydroxylation is 2. The van der Waals surface area contributed by atoms with E-state index in [9.17, 15) is 14.4 Å². The van der Waals surface area contributed by atoms with Gasteiger partial charge in [-0.2, -0.15) is 0 Å². The van der Waals surface area contributed by atoms with Crippen LogP contribution in [-0.2, 0) is 22.6 Å². The van der Waals surface area contributed by atoms with Crippen LogP contribution in [0, 0.1) is 10.5 Å². The van der Waals surface area contributed by atoms with Crippen molar-refractivity contribution in [3.8, 4) is 11.5 Å². The fourth-order valence-corrected chi connectivity index (χ4v) is 4.52. The first kappa shape index (κ1) is 25.4. The number of barbiturate groups is 1. The number of amides is 4. The summed E-state index contributed by atoms with van der Waals surface area (Å²) in [6.07, 6.45) is 2.28. The molecule has 1 aliphatic heterocycles. The van der Waals surface area contributed by atoms with E-state index in [1.54, 1.807) is 24.3 Å². The number of benzene rings is 3. The molecule has 7 nitrogen and oxygen atoms in total. The van der Waals surface area contributed by atoms with Gasteiger partial charge >= 0.3 is 6.03 Å². The van der Waals surface area contributed by atoms with Crippen molar-refractivity contribution in [2.75, 3.05) is 12.0 Å². The Morgan fingerprint density at radius 2 is 1.64 bits per heavy atom. The molecule has 4 amide bonds. The molecule has 3 aromatic carbocycles. The summed E-state index contributed by atoms with van der Waals surface area (Å²) in [6.45, 7) is 4.40. The third-order valence-corrected chi connectivity index (χ3v) is 6.57. The molecule has 3 aromatic rings. The molecule has 0 radical (unpaired) electrons. The number of methoxy groups -OCH3 is 1. The molecule has 1 aliphatic rings. The summed E-state index contributed by atoms with van der Waals surface area (Å²) < 4.78 is 12.3. The predicted molar refractivity (Wildman–Crippen MR) is 146 cm³/mol. The molecule has 0 atom stereocenters. The standard InChI is InChI=1S/C28H25IN2O5/c1-4-18-9-11-21(12-10-18)31-27(33)22(26(32)30-28(31)34)13-20-14-23(29)25(24(15-20)35-3)36-16-19-7-5-17(2)6-8-19/h5-15H,4,16H2,1-3H3,(H,30,32,34)/b22-13-. The van der Waals surface area contributed by atoms with Crippen molar-refractivity contribution < 1.29 is 23.9 Å². The third-order valence-electron chi connectivity index (χ3n) is 5.77. The van der Waals surface area contributed by atoms with Gasteiger partial charge in [-0.05, 0) is 83.0 Å². The number of imide groups is 2. The molecular formula is C28H25IN2O5. The van der Waals surface area contributed by atoms with E-state index in [0.717, 1.165) is 26.0 Å². The van der Waals surface area contributed by atoms with E-state index in [2.05, 4.69) is 27.9 Å². The first-order valence-electron chi connectivity index (χ1n) is 11.4. The molecule has 1 fully saturated rings. The number of carbonyl (C=O) groups excluding carboxylic acids is 3. The Kier molecular flexibility index (Phi) is 7.73. The zero-order valence-corrected chi connectivity index (χ0v) is 22.3. The largest absolute Gasteiger partial charge is 0.493 e. The second kappa shape index (κ2) is 10.9. The molecule has 1 N–H and O–H groups in total. The Morgan fingerprint density at radius 1 is 0.972 bits per heavy atom. The van der Waals surface area contributed by atoms with Crippen LogP contribution in [-0.4, -0.2) is 25.0 Å². The van der Waals surface area contributed by atoms with Gasteiger partial charge in [0.25, 0.3) is 11.8 Å². The maximum atomic E-state index is 13.2. The van der Waals surface area contributed by atoms with Gasteiger partial charge in [0.05, 0.1) is 16.4 Å². The Bertz CT molecular complexity index is 1350. The minimum absolute atomic E-state index is 0.152. The fraction of sp³-hybridized carbons (Fsp3) is 0.179. The highest BCUT2D eigenvalue weighted by atomic mass is 127. The van der Waals surface area contributed by atoms with Crippen LogP contribution < -0.4 is 19.7 Å². The number of carbonyl (C=O) groups is 3. The monoisotopic (exact) mass is 596 g/mol. The Labute approximate surface area is 223 Å². The quantitative estimate of drug-likeness (QED) is 0.224. The lowest BCUT2D eigenvalue weighted by atomic mass is 10.1. The second-order valence-electron chi connectivity index (χ2n) is 8.29. The van der Waals surface area contributed by atoms with Gasteiger partial charge in [-0.1, -0.05) is 48.9 Å². The van der Waals surface area contributed by atoms with Crippen molar-refractivity contribution in [3.63, 3.8) is 0 Å². The molecule has 184 valence electrons. The second-order valence-corrected chi connectivity index (χ2v) is 9.45. The first-order valence-corrected chi connectivity index (χ1v) is 12.4. The van der Waals surface area contributed by atoms with Gasteiger partial charge in [0, 0.05) is 0 Å². The minimum atomic E-state index is -0.779. The summed E-state index contributed by atoms with van der Waals surface area (Å²) in [5.74, 6) is -0.414. The summed E-state index contributed by atoms with van der Waals surface area (Å²) in [5, 5.41) is 2.26. The molecular weight excluding hydrogens is 571 g/mol. The minimum Gasteiger partial charge on any atom is -0.493 e. The van der Waals surface area contributed by atoms with Gasteiger partial charge < -0.3 is 9.47 Å².